The third-order valence-electron chi connectivity index (χ3n) is 6.39. The molecule has 6 heteroatoms. The van der Waals surface area contributed by atoms with Crippen LogP contribution in [-0.4, -0.2) is 17.8 Å². The Morgan fingerprint density at radius 2 is 1.67 bits per heavy atom. The minimum atomic E-state index is -0.287. The molecule has 1 aliphatic heterocycles. The van der Waals surface area contributed by atoms with Crippen molar-refractivity contribution in [1.29, 1.82) is 0 Å². The van der Waals surface area contributed by atoms with Crippen molar-refractivity contribution in [1.82, 2.24) is 5.32 Å². The van der Waals surface area contributed by atoms with E-state index >= 15 is 0 Å². The van der Waals surface area contributed by atoms with Gasteiger partial charge in [0, 0.05) is 12.2 Å². The first-order valence-corrected chi connectivity index (χ1v) is 10.3. The number of allylic oxidation sites excluding steroid dienone is 2. The lowest BCUT2D eigenvalue weighted by atomic mass is 9.85. The Labute approximate surface area is 175 Å². The molecular formula is C24H23N3O3. The summed E-state index contributed by atoms with van der Waals surface area (Å²) < 4.78 is 0. The number of amides is 4. The highest BCUT2D eigenvalue weighted by atomic mass is 16.2. The van der Waals surface area contributed by atoms with E-state index in [1.165, 1.54) is 4.90 Å². The molecule has 6 nitrogen and oxygen atoms in total. The van der Waals surface area contributed by atoms with E-state index < -0.39 is 0 Å². The zero-order chi connectivity index (χ0) is 20.8. The molecule has 4 unspecified atom stereocenters. The summed E-state index contributed by atoms with van der Waals surface area (Å²) in [5, 5.41) is 5.62. The molecule has 4 atom stereocenters. The third kappa shape index (κ3) is 3.09. The van der Waals surface area contributed by atoms with Gasteiger partial charge in [0.25, 0.3) is 0 Å². The highest BCUT2D eigenvalue weighted by Gasteiger charge is 2.59. The van der Waals surface area contributed by atoms with Crippen LogP contribution in [0.2, 0.25) is 0 Å². The van der Waals surface area contributed by atoms with Crippen LogP contribution < -0.4 is 15.5 Å². The first-order valence-electron chi connectivity index (χ1n) is 10.3. The van der Waals surface area contributed by atoms with Crippen molar-refractivity contribution in [2.45, 2.75) is 19.9 Å². The molecule has 0 aromatic heterocycles. The van der Waals surface area contributed by atoms with Crippen LogP contribution in [0.25, 0.3) is 0 Å². The Balaban J connectivity index is 1.22. The van der Waals surface area contributed by atoms with Crippen LogP contribution in [0.15, 0.2) is 60.7 Å². The maximum Gasteiger partial charge on any atom is 0.319 e. The van der Waals surface area contributed by atoms with Crippen molar-refractivity contribution >= 4 is 29.2 Å². The summed E-state index contributed by atoms with van der Waals surface area (Å²) in [5.41, 5.74) is 3.30. The normalized spacial score (nSPS) is 26.2. The van der Waals surface area contributed by atoms with Crippen molar-refractivity contribution in [3.8, 4) is 0 Å². The van der Waals surface area contributed by atoms with Gasteiger partial charge in [0.15, 0.2) is 0 Å². The maximum atomic E-state index is 12.9. The Morgan fingerprint density at radius 1 is 1.00 bits per heavy atom. The Morgan fingerprint density at radius 3 is 2.30 bits per heavy atom. The number of carbonyl (C=O) groups is 3. The zero-order valence-corrected chi connectivity index (χ0v) is 16.7. The van der Waals surface area contributed by atoms with Gasteiger partial charge in [-0.1, -0.05) is 36.4 Å². The number of fused-ring (bicyclic) bond motifs is 5. The van der Waals surface area contributed by atoms with Crippen LogP contribution in [0.1, 0.15) is 17.5 Å². The third-order valence-corrected chi connectivity index (χ3v) is 6.39. The zero-order valence-electron chi connectivity index (χ0n) is 16.7. The molecule has 1 saturated heterocycles. The minimum Gasteiger partial charge on any atom is -0.334 e. The lowest BCUT2D eigenvalue weighted by Gasteiger charge is -2.17. The number of nitrogens with one attached hydrogen (secondary N) is 2. The highest BCUT2D eigenvalue weighted by Crippen LogP contribution is 2.53. The van der Waals surface area contributed by atoms with E-state index in [2.05, 4.69) is 22.8 Å². The number of urea groups is 1. The smallest absolute Gasteiger partial charge is 0.319 e. The molecular weight excluding hydrogens is 378 g/mol. The number of hydrogen-bond acceptors (Lipinski definition) is 3. The summed E-state index contributed by atoms with van der Waals surface area (Å²) in [4.78, 5) is 39.2. The Hall–Kier alpha value is -3.41. The van der Waals surface area contributed by atoms with Gasteiger partial charge < -0.3 is 10.6 Å². The van der Waals surface area contributed by atoms with E-state index in [9.17, 15) is 14.4 Å². The number of benzene rings is 2. The second-order valence-electron chi connectivity index (χ2n) is 8.36. The second-order valence-corrected chi connectivity index (χ2v) is 8.36. The average molecular weight is 401 g/mol. The molecule has 1 heterocycles. The van der Waals surface area contributed by atoms with Gasteiger partial charge in [0.1, 0.15) is 0 Å². The van der Waals surface area contributed by atoms with Crippen molar-refractivity contribution in [2.75, 3.05) is 10.2 Å². The minimum absolute atomic E-state index is 0.0785. The monoisotopic (exact) mass is 401 g/mol. The fourth-order valence-corrected chi connectivity index (χ4v) is 5.00. The van der Waals surface area contributed by atoms with Gasteiger partial charge in [0.2, 0.25) is 11.8 Å². The largest absolute Gasteiger partial charge is 0.334 e. The molecule has 2 bridgehead atoms. The van der Waals surface area contributed by atoms with Gasteiger partial charge >= 0.3 is 6.03 Å². The van der Waals surface area contributed by atoms with Crippen molar-refractivity contribution in [3.63, 3.8) is 0 Å². The molecule has 5 rings (SSSR count). The molecule has 2 fully saturated rings. The molecule has 1 saturated carbocycles. The standard InChI is InChI=1S/C24H23N3O3/c1-14-3-2-4-18(11-14)26-24(30)25-13-15-5-9-19(10-6-15)27-22(28)20-16-7-8-17(12-16)21(20)23(27)29/h2-11,16-17,20-21H,12-13H2,1H3,(H2,25,26,30). The summed E-state index contributed by atoms with van der Waals surface area (Å²) in [6.45, 7) is 2.31. The molecule has 3 aliphatic rings. The van der Waals surface area contributed by atoms with Crippen LogP contribution in [0.3, 0.4) is 0 Å². The van der Waals surface area contributed by atoms with Crippen LogP contribution >= 0.6 is 0 Å². The summed E-state index contributed by atoms with van der Waals surface area (Å²) >= 11 is 0. The topological polar surface area (TPSA) is 78.5 Å². The van der Waals surface area contributed by atoms with Gasteiger partial charge in [-0.3, -0.25) is 14.5 Å². The van der Waals surface area contributed by atoms with E-state index in [1.807, 2.05) is 43.3 Å². The SMILES string of the molecule is Cc1cccc(NC(=O)NCc2ccc(N3C(=O)C4C5C=CC(C5)C4C3=O)cc2)c1. The number of hydrogen-bond donors (Lipinski definition) is 2. The van der Waals surface area contributed by atoms with E-state index in [4.69, 9.17) is 0 Å². The van der Waals surface area contributed by atoms with Crippen LogP contribution in [0.5, 0.6) is 0 Å². The predicted molar refractivity (Wildman–Crippen MR) is 114 cm³/mol. The summed E-state index contributed by atoms with van der Waals surface area (Å²) in [5.74, 6) is -0.137. The van der Waals surface area contributed by atoms with E-state index in [0.717, 1.165) is 23.2 Å². The van der Waals surface area contributed by atoms with Crippen molar-refractivity contribution in [3.05, 3.63) is 71.8 Å². The number of imide groups is 1. The van der Waals surface area contributed by atoms with Crippen LogP contribution in [-0.2, 0) is 16.1 Å². The average Bonchev–Trinajstić information content (AvgIpc) is 3.41. The Kier molecular flexibility index (Phi) is 4.42. The van der Waals surface area contributed by atoms with E-state index in [0.29, 0.717) is 12.2 Å². The summed E-state index contributed by atoms with van der Waals surface area (Å²) in [7, 11) is 0. The molecule has 2 aromatic rings. The molecule has 2 aliphatic carbocycles. The highest BCUT2D eigenvalue weighted by molar-refractivity contribution is 6.22. The van der Waals surface area contributed by atoms with Gasteiger partial charge in [-0.05, 0) is 60.6 Å². The Bertz CT molecular complexity index is 1030. The molecule has 2 N–H and O–H groups in total. The van der Waals surface area contributed by atoms with Crippen molar-refractivity contribution < 1.29 is 14.4 Å². The second kappa shape index (κ2) is 7.13. The lowest BCUT2D eigenvalue weighted by molar-refractivity contribution is -0.123. The number of aryl methyl sites for hydroxylation is 1. The van der Waals surface area contributed by atoms with Gasteiger partial charge in [0.05, 0.1) is 17.5 Å². The van der Waals surface area contributed by atoms with E-state index in [1.54, 1.807) is 12.1 Å². The number of nitrogens with zero attached hydrogens (tertiary/aromatic N) is 1. The fourth-order valence-electron chi connectivity index (χ4n) is 5.00. The van der Waals surface area contributed by atoms with Crippen LogP contribution in [0, 0.1) is 30.6 Å². The molecule has 2 aromatic carbocycles. The van der Waals surface area contributed by atoms with Crippen molar-refractivity contribution in [2.24, 2.45) is 23.7 Å². The predicted octanol–water partition coefficient (Wildman–Crippen LogP) is 3.63. The molecule has 152 valence electrons. The van der Waals surface area contributed by atoms with E-state index in [-0.39, 0.29) is 41.5 Å². The number of anilines is 2. The van der Waals surface area contributed by atoms with Gasteiger partial charge in [-0.2, -0.15) is 0 Å². The first-order chi connectivity index (χ1) is 14.5. The first kappa shape index (κ1) is 18.6. The lowest BCUT2D eigenvalue weighted by Crippen LogP contribution is -2.32. The fraction of sp³-hybridized carbons (Fsp3) is 0.292. The molecule has 0 spiro atoms. The molecule has 4 amide bonds. The summed E-state index contributed by atoms with van der Waals surface area (Å²) in [6, 6.07) is 14.5. The maximum absolute atomic E-state index is 12.9. The van der Waals surface area contributed by atoms with Gasteiger partial charge in [-0.25, -0.2) is 4.79 Å². The summed E-state index contributed by atoms with van der Waals surface area (Å²) in [6.07, 6.45) is 5.12. The molecule has 30 heavy (non-hydrogen) atoms. The van der Waals surface area contributed by atoms with Crippen LogP contribution in [0.4, 0.5) is 16.2 Å². The van der Waals surface area contributed by atoms with Gasteiger partial charge in [-0.15, -0.1) is 0 Å². The quantitative estimate of drug-likeness (QED) is 0.607. The number of carbonyl (C=O) groups excluding carboxylic acids is 3. The number of rotatable bonds is 4. The molecule has 0 radical (unpaired) electrons.